The fourth-order valence-corrected chi connectivity index (χ4v) is 1.93. The quantitative estimate of drug-likeness (QED) is 0.643. The molecule has 1 atom stereocenters. The molecule has 0 heterocycles. The van der Waals surface area contributed by atoms with Gasteiger partial charge in [0.2, 0.25) is 0 Å². The fraction of sp³-hybridized carbons (Fsp3) is 0.333. The Balaban J connectivity index is 2.83. The Morgan fingerprint density at radius 1 is 1.44 bits per heavy atom. The molecule has 0 aliphatic carbocycles. The average Bonchev–Trinajstić information content (AvgIpc) is 2.26. The van der Waals surface area contributed by atoms with E-state index < -0.39 is 18.0 Å². The second kappa shape index (κ2) is 6.39. The second-order valence-electron chi connectivity index (χ2n) is 3.79. The summed E-state index contributed by atoms with van der Waals surface area (Å²) < 4.78 is 5.57. The van der Waals surface area contributed by atoms with Crippen molar-refractivity contribution in [2.45, 2.75) is 25.9 Å². The molecule has 0 aliphatic rings. The van der Waals surface area contributed by atoms with Gasteiger partial charge in [0, 0.05) is 10.2 Å². The number of nitrogen functional groups attached to an aromatic ring is 1. The number of nitrogens with two attached hydrogens (primary N) is 1. The van der Waals surface area contributed by atoms with Gasteiger partial charge in [-0.05, 0) is 24.6 Å². The monoisotopic (exact) mass is 315 g/mol. The lowest BCUT2D eigenvalue weighted by atomic mass is 10.2. The van der Waals surface area contributed by atoms with E-state index in [0.29, 0.717) is 16.6 Å². The molecule has 1 rings (SSSR count). The van der Waals surface area contributed by atoms with Crippen LogP contribution in [0.15, 0.2) is 22.7 Å². The van der Waals surface area contributed by atoms with Crippen LogP contribution in [-0.2, 0) is 9.53 Å². The largest absolute Gasteiger partial charge is 0.479 e. The highest BCUT2D eigenvalue weighted by Gasteiger charge is 2.22. The molecule has 3 N–H and O–H groups in total. The van der Waals surface area contributed by atoms with Crippen molar-refractivity contribution < 1.29 is 19.4 Å². The Morgan fingerprint density at radius 3 is 2.61 bits per heavy atom. The first-order valence-electron chi connectivity index (χ1n) is 5.44. The zero-order valence-corrected chi connectivity index (χ0v) is 11.4. The minimum absolute atomic E-state index is 0.226. The lowest BCUT2D eigenvalue weighted by Crippen LogP contribution is -2.26. The van der Waals surface area contributed by atoms with Crippen molar-refractivity contribution in [3.63, 3.8) is 0 Å². The van der Waals surface area contributed by atoms with Crippen molar-refractivity contribution in [1.82, 2.24) is 0 Å². The number of hydrogen-bond acceptors (Lipinski definition) is 4. The van der Waals surface area contributed by atoms with Gasteiger partial charge in [-0.2, -0.15) is 0 Å². The van der Waals surface area contributed by atoms with Gasteiger partial charge >= 0.3 is 11.9 Å². The molecule has 1 aromatic carbocycles. The van der Waals surface area contributed by atoms with E-state index in [1.54, 1.807) is 6.07 Å². The van der Waals surface area contributed by atoms with Gasteiger partial charge in [0.15, 0.2) is 6.10 Å². The molecule has 0 bridgehead atoms. The molecule has 1 unspecified atom stereocenters. The van der Waals surface area contributed by atoms with Crippen LogP contribution >= 0.6 is 15.9 Å². The number of carboxylic acids is 1. The second-order valence-corrected chi connectivity index (χ2v) is 4.71. The first-order chi connectivity index (χ1) is 8.43. The van der Waals surface area contributed by atoms with Gasteiger partial charge < -0.3 is 15.6 Å². The molecule has 0 saturated heterocycles. The van der Waals surface area contributed by atoms with Crippen molar-refractivity contribution in [2.24, 2.45) is 0 Å². The first kappa shape index (κ1) is 14.5. The normalized spacial score (nSPS) is 11.9. The Kier molecular flexibility index (Phi) is 5.15. The Hall–Kier alpha value is -1.56. The summed E-state index contributed by atoms with van der Waals surface area (Å²) in [5, 5.41) is 8.90. The first-order valence-corrected chi connectivity index (χ1v) is 6.23. The molecule has 18 heavy (non-hydrogen) atoms. The molecule has 6 heteroatoms. The van der Waals surface area contributed by atoms with Crippen LogP contribution in [0.4, 0.5) is 5.69 Å². The third kappa shape index (κ3) is 4.03. The van der Waals surface area contributed by atoms with E-state index in [9.17, 15) is 9.59 Å². The number of esters is 1. The maximum Gasteiger partial charge on any atom is 0.345 e. The van der Waals surface area contributed by atoms with Gasteiger partial charge in [0.05, 0.1) is 5.56 Å². The number of aliphatic carboxylic acids is 1. The summed E-state index contributed by atoms with van der Waals surface area (Å²) >= 11 is 3.20. The maximum atomic E-state index is 11.8. The maximum absolute atomic E-state index is 11.8. The van der Waals surface area contributed by atoms with E-state index in [0.717, 1.165) is 0 Å². The van der Waals surface area contributed by atoms with Gasteiger partial charge in [-0.15, -0.1) is 0 Å². The molecule has 0 aliphatic heterocycles. The molecular weight excluding hydrogens is 302 g/mol. The summed E-state index contributed by atoms with van der Waals surface area (Å²) in [6.45, 7) is 1.82. The summed E-state index contributed by atoms with van der Waals surface area (Å²) in [6, 6.07) is 4.61. The van der Waals surface area contributed by atoms with Crippen LogP contribution < -0.4 is 5.73 Å². The number of carboxylic acid groups (broad SMARTS) is 1. The summed E-state index contributed by atoms with van der Waals surface area (Å²) in [6.07, 6.45) is -0.224. The minimum atomic E-state index is -1.15. The molecule has 0 fully saturated rings. The summed E-state index contributed by atoms with van der Waals surface area (Å²) in [7, 11) is 0. The highest BCUT2D eigenvalue weighted by atomic mass is 79.9. The van der Waals surface area contributed by atoms with E-state index >= 15 is 0 Å². The molecule has 0 spiro atoms. The zero-order valence-electron chi connectivity index (χ0n) is 9.85. The van der Waals surface area contributed by atoms with Crippen LogP contribution in [0.3, 0.4) is 0 Å². The van der Waals surface area contributed by atoms with E-state index in [1.165, 1.54) is 12.1 Å². The number of ether oxygens (including phenoxy) is 1. The van der Waals surface area contributed by atoms with Crippen molar-refractivity contribution >= 4 is 33.6 Å². The SMILES string of the molecule is CCCC(OC(=O)c1cc(N)cc(Br)c1)C(=O)O. The molecule has 5 nitrogen and oxygen atoms in total. The Labute approximate surface area is 113 Å². The molecule has 0 saturated carbocycles. The van der Waals surface area contributed by atoms with Gasteiger partial charge in [-0.1, -0.05) is 29.3 Å². The standard InChI is InChI=1S/C12H14BrNO4/c1-2-3-10(11(15)16)18-12(17)7-4-8(13)6-9(14)5-7/h4-6,10H,2-3,14H2,1H3,(H,15,16). The molecule has 0 aromatic heterocycles. The Morgan fingerprint density at radius 2 is 2.11 bits per heavy atom. The molecule has 1 aromatic rings. The van der Waals surface area contributed by atoms with E-state index in [-0.39, 0.29) is 12.0 Å². The van der Waals surface area contributed by atoms with E-state index in [4.69, 9.17) is 15.6 Å². The summed E-state index contributed by atoms with van der Waals surface area (Å²) in [5.41, 5.74) is 6.22. The predicted octanol–water partition coefficient (Wildman–Crippen LogP) is 2.44. The van der Waals surface area contributed by atoms with Crippen LogP contribution in [0.1, 0.15) is 30.1 Å². The minimum Gasteiger partial charge on any atom is -0.479 e. The number of anilines is 1. The highest BCUT2D eigenvalue weighted by molar-refractivity contribution is 9.10. The van der Waals surface area contributed by atoms with E-state index in [1.807, 2.05) is 6.92 Å². The van der Waals surface area contributed by atoms with Crippen molar-refractivity contribution in [2.75, 3.05) is 5.73 Å². The third-order valence-corrected chi connectivity index (χ3v) is 2.69. The van der Waals surface area contributed by atoms with Crippen LogP contribution in [0.25, 0.3) is 0 Å². The number of benzene rings is 1. The molecule has 0 amide bonds. The zero-order chi connectivity index (χ0) is 13.7. The number of hydrogen-bond donors (Lipinski definition) is 2. The van der Waals surface area contributed by atoms with Gasteiger partial charge in [-0.25, -0.2) is 9.59 Å². The number of carbonyl (C=O) groups is 2. The molecule has 0 radical (unpaired) electrons. The fourth-order valence-electron chi connectivity index (χ4n) is 1.42. The van der Waals surface area contributed by atoms with E-state index in [2.05, 4.69) is 15.9 Å². The molecule has 98 valence electrons. The van der Waals surface area contributed by atoms with Crippen molar-refractivity contribution in [3.8, 4) is 0 Å². The van der Waals surface area contributed by atoms with Crippen molar-refractivity contribution in [3.05, 3.63) is 28.2 Å². The predicted molar refractivity (Wildman–Crippen MR) is 70.3 cm³/mol. The number of halogens is 1. The average molecular weight is 316 g/mol. The van der Waals surface area contributed by atoms with Gasteiger partial charge in [0.1, 0.15) is 0 Å². The van der Waals surface area contributed by atoms with Crippen LogP contribution in [0.2, 0.25) is 0 Å². The number of rotatable bonds is 5. The van der Waals surface area contributed by atoms with Crippen molar-refractivity contribution in [1.29, 1.82) is 0 Å². The van der Waals surface area contributed by atoms with Crippen LogP contribution in [-0.4, -0.2) is 23.1 Å². The number of carbonyl (C=O) groups excluding carboxylic acids is 1. The third-order valence-electron chi connectivity index (χ3n) is 2.23. The Bertz CT molecular complexity index is 441. The van der Waals surface area contributed by atoms with Gasteiger partial charge in [0.25, 0.3) is 0 Å². The highest BCUT2D eigenvalue weighted by Crippen LogP contribution is 2.18. The topological polar surface area (TPSA) is 89.6 Å². The molecular formula is C12H14BrNO4. The van der Waals surface area contributed by atoms with Gasteiger partial charge in [-0.3, -0.25) is 0 Å². The van der Waals surface area contributed by atoms with Crippen LogP contribution in [0, 0.1) is 0 Å². The lowest BCUT2D eigenvalue weighted by Gasteiger charge is -2.13. The summed E-state index contributed by atoms with van der Waals surface area (Å²) in [5.74, 6) is -1.84. The smallest absolute Gasteiger partial charge is 0.345 e. The summed E-state index contributed by atoms with van der Waals surface area (Å²) in [4.78, 5) is 22.7. The van der Waals surface area contributed by atoms with Crippen LogP contribution in [0.5, 0.6) is 0 Å². The lowest BCUT2D eigenvalue weighted by molar-refractivity contribution is -0.147.